The second kappa shape index (κ2) is 6.91. The summed E-state index contributed by atoms with van der Waals surface area (Å²) >= 11 is 0. The number of rotatable bonds is 5. The first-order valence-electron chi connectivity index (χ1n) is 3.86. The minimum absolute atomic E-state index is 0.512. The average Bonchev–Trinajstić information content (AvgIpc) is 2.16. The molecule has 3 nitrogen and oxygen atoms in total. The molecule has 13 heavy (non-hydrogen) atoms. The maximum Gasteiger partial charge on any atom is 0.115 e. The maximum absolute atomic E-state index is 5.45. The van der Waals surface area contributed by atoms with Crippen LogP contribution in [0.3, 0.4) is 0 Å². The molecule has 0 amide bonds. The van der Waals surface area contributed by atoms with Crippen molar-refractivity contribution in [2.24, 2.45) is 10.7 Å². The summed E-state index contributed by atoms with van der Waals surface area (Å²) in [6.07, 6.45) is 8.35. The van der Waals surface area contributed by atoms with Gasteiger partial charge in [0.05, 0.1) is 6.20 Å². The number of hydrogen-bond donors (Lipinski definition) is 2. The fraction of sp³-hybridized carbons (Fsp3) is 0.100. The van der Waals surface area contributed by atoms with E-state index in [0.29, 0.717) is 5.82 Å². The molecule has 0 saturated carbocycles. The predicted molar refractivity (Wildman–Crippen MR) is 58.3 cm³/mol. The van der Waals surface area contributed by atoms with Crippen LogP contribution in [0.15, 0.2) is 54.0 Å². The molecule has 0 unspecified atom stereocenters. The summed E-state index contributed by atoms with van der Waals surface area (Å²) in [6.45, 7) is 7.19. The van der Waals surface area contributed by atoms with Crippen LogP contribution >= 0.6 is 0 Å². The van der Waals surface area contributed by atoms with Crippen molar-refractivity contribution in [1.82, 2.24) is 5.32 Å². The topological polar surface area (TPSA) is 50.4 Å². The maximum atomic E-state index is 5.45. The van der Waals surface area contributed by atoms with Gasteiger partial charge in [-0.3, -0.25) is 4.99 Å². The van der Waals surface area contributed by atoms with E-state index in [2.05, 4.69) is 23.5 Å². The summed E-state index contributed by atoms with van der Waals surface area (Å²) in [7, 11) is 1.73. The van der Waals surface area contributed by atoms with Crippen LogP contribution in [0.25, 0.3) is 0 Å². The Balaban J connectivity index is 4.32. The van der Waals surface area contributed by atoms with Crippen LogP contribution in [0.2, 0.25) is 0 Å². The van der Waals surface area contributed by atoms with Crippen molar-refractivity contribution < 1.29 is 0 Å². The van der Waals surface area contributed by atoms with Crippen molar-refractivity contribution in [2.45, 2.75) is 0 Å². The molecule has 0 fully saturated rings. The average molecular weight is 177 g/mol. The first-order valence-corrected chi connectivity index (χ1v) is 3.86. The zero-order valence-corrected chi connectivity index (χ0v) is 7.83. The Hall–Kier alpha value is -1.77. The van der Waals surface area contributed by atoms with Crippen molar-refractivity contribution in [1.29, 1.82) is 0 Å². The van der Waals surface area contributed by atoms with Gasteiger partial charge < -0.3 is 11.1 Å². The zero-order chi connectivity index (χ0) is 10.1. The molecule has 3 heteroatoms. The Labute approximate surface area is 79.1 Å². The molecular formula is C10H15N3. The third kappa shape index (κ3) is 5.49. The van der Waals surface area contributed by atoms with Gasteiger partial charge >= 0.3 is 0 Å². The number of aliphatic imine (C=N–C) groups is 1. The number of nitrogens with zero attached hydrogens (tertiary/aromatic N) is 1. The molecule has 0 spiro atoms. The molecule has 0 aliphatic heterocycles. The lowest BCUT2D eigenvalue weighted by molar-refractivity contribution is 0.957. The molecule has 0 atom stereocenters. The van der Waals surface area contributed by atoms with Crippen LogP contribution in [0.5, 0.6) is 0 Å². The minimum atomic E-state index is 0.512. The molecule has 0 aromatic carbocycles. The Morgan fingerprint density at radius 2 is 2.15 bits per heavy atom. The van der Waals surface area contributed by atoms with E-state index in [1.807, 2.05) is 0 Å². The van der Waals surface area contributed by atoms with Gasteiger partial charge in [-0.25, -0.2) is 0 Å². The van der Waals surface area contributed by atoms with E-state index in [4.69, 9.17) is 5.73 Å². The van der Waals surface area contributed by atoms with Gasteiger partial charge in [0.15, 0.2) is 0 Å². The molecule has 3 N–H and O–H groups in total. The Morgan fingerprint density at radius 1 is 1.46 bits per heavy atom. The van der Waals surface area contributed by atoms with Gasteiger partial charge in [-0.05, 0) is 5.57 Å². The molecule has 0 aliphatic rings. The zero-order valence-electron chi connectivity index (χ0n) is 7.83. The van der Waals surface area contributed by atoms with Gasteiger partial charge in [0.25, 0.3) is 0 Å². The van der Waals surface area contributed by atoms with Crippen molar-refractivity contribution in [3.8, 4) is 0 Å². The van der Waals surface area contributed by atoms with Crippen LogP contribution in [0.4, 0.5) is 0 Å². The van der Waals surface area contributed by atoms with Gasteiger partial charge in [0.1, 0.15) is 5.82 Å². The number of hydrogen-bond acceptors (Lipinski definition) is 3. The molecule has 0 heterocycles. The van der Waals surface area contributed by atoms with Crippen molar-refractivity contribution in [3.05, 3.63) is 49.0 Å². The predicted octanol–water partition coefficient (Wildman–Crippen LogP) is 1.33. The molecule has 70 valence electrons. The van der Waals surface area contributed by atoms with Gasteiger partial charge in [0, 0.05) is 13.3 Å². The van der Waals surface area contributed by atoms with E-state index in [-0.39, 0.29) is 0 Å². The van der Waals surface area contributed by atoms with E-state index >= 15 is 0 Å². The Bertz CT molecular complexity index is 259. The molecule has 0 radical (unpaired) electrons. The van der Waals surface area contributed by atoms with E-state index in [0.717, 1.165) is 5.57 Å². The SMILES string of the molecule is C=C/C=C(C=C)/C=N\C=C(\N)NC. The van der Waals surface area contributed by atoms with Crippen molar-refractivity contribution in [3.63, 3.8) is 0 Å². The summed E-state index contributed by atoms with van der Waals surface area (Å²) in [4.78, 5) is 3.97. The van der Waals surface area contributed by atoms with Crippen LogP contribution < -0.4 is 11.1 Å². The Morgan fingerprint density at radius 3 is 2.62 bits per heavy atom. The summed E-state index contributed by atoms with van der Waals surface area (Å²) in [6, 6.07) is 0. The van der Waals surface area contributed by atoms with Crippen molar-refractivity contribution >= 4 is 6.21 Å². The van der Waals surface area contributed by atoms with Crippen LogP contribution in [-0.4, -0.2) is 13.3 Å². The third-order valence-electron chi connectivity index (χ3n) is 1.27. The van der Waals surface area contributed by atoms with Gasteiger partial charge in [-0.2, -0.15) is 0 Å². The molecule has 0 aromatic heterocycles. The lowest BCUT2D eigenvalue weighted by Crippen LogP contribution is -2.13. The second-order valence-electron chi connectivity index (χ2n) is 2.22. The summed E-state index contributed by atoms with van der Waals surface area (Å²) in [5.41, 5.74) is 6.33. The summed E-state index contributed by atoms with van der Waals surface area (Å²) < 4.78 is 0. The first kappa shape index (κ1) is 11.2. The van der Waals surface area contributed by atoms with Crippen molar-refractivity contribution in [2.75, 3.05) is 7.05 Å². The number of nitrogens with one attached hydrogen (secondary N) is 1. The van der Waals surface area contributed by atoms with Crippen LogP contribution in [0, 0.1) is 0 Å². The second-order valence-corrected chi connectivity index (χ2v) is 2.22. The standard InChI is InChI=1S/C10H15N3/c1-4-6-9(5-2)7-13-8-10(11)12-3/h4-8,12H,1-2,11H2,3H3/b9-6+,10-8-,13-7-. The van der Waals surface area contributed by atoms with Crippen LogP contribution in [-0.2, 0) is 0 Å². The van der Waals surface area contributed by atoms with E-state index in [1.54, 1.807) is 31.5 Å². The van der Waals surface area contributed by atoms with Crippen LogP contribution in [0.1, 0.15) is 0 Å². The molecule has 0 bridgehead atoms. The molecule has 0 rings (SSSR count). The van der Waals surface area contributed by atoms with Gasteiger partial charge in [-0.1, -0.05) is 31.4 Å². The summed E-state index contributed by atoms with van der Waals surface area (Å²) in [5, 5.41) is 2.75. The lowest BCUT2D eigenvalue weighted by Gasteiger charge is -1.94. The van der Waals surface area contributed by atoms with Gasteiger partial charge in [0.2, 0.25) is 0 Å². The highest BCUT2D eigenvalue weighted by Gasteiger charge is 1.81. The molecular weight excluding hydrogens is 162 g/mol. The van der Waals surface area contributed by atoms with E-state index in [1.165, 1.54) is 6.20 Å². The van der Waals surface area contributed by atoms with Gasteiger partial charge in [-0.15, -0.1) is 0 Å². The third-order valence-corrected chi connectivity index (χ3v) is 1.27. The highest BCUT2D eigenvalue weighted by molar-refractivity contribution is 5.82. The fourth-order valence-electron chi connectivity index (χ4n) is 0.568. The molecule has 0 aromatic rings. The number of allylic oxidation sites excluding steroid dienone is 4. The summed E-state index contributed by atoms with van der Waals surface area (Å²) in [5.74, 6) is 0.512. The highest BCUT2D eigenvalue weighted by atomic mass is 15.0. The Kier molecular flexibility index (Phi) is 5.97. The fourth-order valence-corrected chi connectivity index (χ4v) is 0.568. The first-order chi connectivity index (χ1) is 6.24. The minimum Gasteiger partial charge on any atom is -0.384 e. The lowest BCUT2D eigenvalue weighted by atomic mass is 10.2. The van der Waals surface area contributed by atoms with E-state index < -0.39 is 0 Å². The quantitative estimate of drug-likeness (QED) is 0.491. The molecule has 0 saturated heterocycles. The van der Waals surface area contributed by atoms with E-state index in [9.17, 15) is 0 Å². The molecule has 0 aliphatic carbocycles. The highest BCUT2D eigenvalue weighted by Crippen LogP contribution is 1.92. The number of nitrogens with two attached hydrogens (primary N) is 1. The monoisotopic (exact) mass is 177 g/mol. The smallest absolute Gasteiger partial charge is 0.115 e. The largest absolute Gasteiger partial charge is 0.384 e. The normalized spacial score (nSPS) is 13.0.